The Bertz CT molecular complexity index is 1590. The Kier molecular flexibility index (Phi) is 9.41. The van der Waals surface area contributed by atoms with Crippen molar-refractivity contribution in [2.75, 3.05) is 6.54 Å². The number of hydrogen-bond acceptors (Lipinski definition) is 7. The number of amides is 2. The van der Waals surface area contributed by atoms with E-state index in [2.05, 4.69) is 24.3 Å². The van der Waals surface area contributed by atoms with Crippen LogP contribution in [0.25, 0.3) is 0 Å². The minimum absolute atomic E-state index is 0.0152. The average Bonchev–Trinajstić information content (AvgIpc) is 3.31. The lowest BCUT2D eigenvalue weighted by Gasteiger charge is -2.42. The Labute approximate surface area is 260 Å². The third kappa shape index (κ3) is 6.64. The lowest BCUT2D eigenvalue weighted by atomic mass is 9.84. The van der Waals surface area contributed by atoms with Gasteiger partial charge in [0.1, 0.15) is 17.2 Å². The summed E-state index contributed by atoms with van der Waals surface area (Å²) in [7, 11) is 0. The van der Waals surface area contributed by atoms with E-state index in [1.807, 2.05) is 13.8 Å². The van der Waals surface area contributed by atoms with Crippen LogP contribution in [0.4, 0.5) is 8.78 Å². The second kappa shape index (κ2) is 13.1. The summed E-state index contributed by atoms with van der Waals surface area (Å²) < 4.78 is 34.9. The van der Waals surface area contributed by atoms with E-state index in [4.69, 9.17) is 9.57 Å². The van der Waals surface area contributed by atoms with Crippen molar-refractivity contribution in [1.29, 1.82) is 0 Å². The first-order chi connectivity index (χ1) is 21.4. The van der Waals surface area contributed by atoms with Crippen LogP contribution in [0.5, 0.6) is 5.75 Å². The number of hydrogen-bond donors (Lipinski definition) is 1. The molecule has 4 heterocycles. The second-order valence-corrected chi connectivity index (χ2v) is 12.9. The number of carbonyl (C=O) groups is 3. The number of aromatic nitrogens is 1. The predicted molar refractivity (Wildman–Crippen MR) is 162 cm³/mol. The summed E-state index contributed by atoms with van der Waals surface area (Å²) in [5, 5.41) is 6.72. The lowest BCUT2D eigenvalue weighted by molar-refractivity contribution is -0.134. The highest BCUT2D eigenvalue weighted by molar-refractivity contribution is 6.00. The molecule has 3 atom stereocenters. The van der Waals surface area contributed by atoms with E-state index >= 15 is 0 Å². The van der Waals surface area contributed by atoms with Crippen LogP contribution in [0.15, 0.2) is 34.3 Å². The molecule has 0 radical (unpaired) electrons. The number of carbonyl (C=O) groups excluding carboxylic acids is 3. The average molecular weight is 627 g/mol. The van der Waals surface area contributed by atoms with E-state index in [0.717, 1.165) is 31.0 Å². The highest BCUT2D eigenvalue weighted by Crippen LogP contribution is 2.46. The van der Waals surface area contributed by atoms with Crippen LogP contribution in [0.2, 0.25) is 0 Å². The third-order valence-corrected chi connectivity index (χ3v) is 9.00. The van der Waals surface area contributed by atoms with Crippen molar-refractivity contribution in [1.82, 2.24) is 14.8 Å². The summed E-state index contributed by atoms with van der Waals surface area (Å²) >= 11 is 0. The largest absolute Gasteiger partial charge is 0.420 e. The van der Waals surface area contributed by atoms with E-state index < -0.39 is 52.2 Å². The fraction of sp³-hybridized carbons (Fsp3) is 0.545. The molecule has 1 N–H and O–H groups in total. The van der Waals surface area contributed by atoms with Crippen LogP contribution < -0.4 is 15.5 Å². The monoisotopic (exact) mass is 626 g/mol. The molecule has 0 saturated carbocycles. The smallest absolute Gasteiger partial charge is 0.311 e. The molecule has 2 aromatic rings. The van der Waals surface area contributed by atoms with Gasteiger partial charge in [0.15, 0.2) is 11.3 Å². The zero-order chi connectivity index (χ0) is 32.5. The summed E-state index contributed by atoms with van der Waals surface area (Å²) in [5.74, 6) is -3.61. The lowest BCUT2D eigenvalue weighted by Crippen LogP contribution is -2.52. The quantitative estimate of drug-likeness (QED) is 0.283. The minimum atomic E-state index is -0.929. The van der Waals surface area contributed by atoms with Gasteiger partial charge in [0.25, 0.3) is 11.8 Å². The highest BCUT2D eigenvalue weighted by Gasteiger charge is 2.54. The van der Waals surface area contributed by atoms with Gasteiger partial charge in [0, 0.05) is 49.8 Å². The number of unbranched alkanes of at least 4 members (excludes halogenated alkanes) is 2. The number of pyridine rings is 1. The maximum atomic E-state index is 14.3. The molecule has 2 amide bonds. The van der Waals surface area contributed by atoms with Crippen LogP contribution in [0.3, 0.4) is 0 Å². The maximum absolute atomic E-state index is 14.3. The SMILES string of the molecule is CC1=NO[C@@]2(CC[C@H](C)N3C[C@H]2n2cc(C(=O)NCc4ccc(F)cc4F)c(=O)c(OC(=O)CCCCCC(C)C)c2C3=O)C1. The number of rotatable bonds is 10. The van der Waals surface area contributed by atoms with Gasteiger partial charge >= 0.3 is 5.97 Å². The molecule has 1 aromatic heterocycles. The minimum Gasteiger partial charge on any atom is -0.420 e. The van der Waals surface area contributed by atoms with Crippen molar-refractivity contribution in [3.63, 3.8) is 0 Å². The summed E-state index contributed by atoms with van der Waals surface area (Å²) in [6, 6.07) is 2.22. The molecule has 1 fully saturated rings. The molecule has 5 rings (SSSR count). The Balaban J connectivity index is 1.53. The van der Waals surface area contributed by atoms with Crippen molar-refractivity contribution >= 4 is 23.5 Å². The molecule has 3 aliphatic heterocycles. The van der Waals surface area contributed by atoms with Gasteiger partial charge in [-0.1, -0.05) is 44.3 Å². The first-order valence-corrected chi connectivity index (χ1v) is 15.6. The predicted octanol–water partition coefficient (Wildman–Crippen LogP) is 5.28. The maximum Gasteiger partial charge on any atom is 0.311 e. The molecular weight excluding hydrogens is 586 g/mol. The first kappa shape index (κ1) is 32.3. The fourth-order valence-electron chi connectivity index (χ4n) is 6.47. The summed E-state index contributed by atoms with van der Waals surface area (Å²) in [5.41, 5.74) is -1.49. The summed E-state index contributed by atoms with van der Waals surface area (Å²) in [6.45, 7) is 7.94. The van der Waals surface area contributed by atoms with Crippen LogP contribution in [-0.4, -0.2) is 51.2 Å². The molecule has 12 heteroatoms. The molecule has 1 aromatic carbocycles. The molecular formula is C33H40F2N4O6. The van der Waals surface area contributed by atoms with Gasteiger partial charge in [-0.2, -0.15) is 0 Å². The molecule has 2 bridgehead atoms. The number of nitrogens with zero attached hydrogens (tertiary/aromatic N) is 3. The molecule has 1 saturated heterocycles. The Morgan fingerprint density at radius 2 is 1.98 bits per heavy atom. The third-order valence-electron chi connectivity index (χ3n) is 9.00. The standard InChI is InChI=1S/C33H40F2N4O6/c1-19(2)8-6-5-7-9-27(40)44-30-28-32(43)38-18-26(33(13-12-21(38)4)15-20(3)37-45-33)39(28)17-24(29(30)41)31(42)36-16-22-10-11-23(34)14-25(22)35/h10-11,14,17,19,21,26H,5-9,12-13,15-16,18H2,1-4H3,(H,36,42)/t21-,26+,33-/m0/s1. The zero-order valence-corrected chi connectivity index (χ0v) is 26.2. The number of oxime groups is 1. The topological polar surface area (TPSA) is 119 Å². The molecule has 242 valence electrons. The Hall–Kier alpha value is -4.09. The Morgan fingerprint density at radius 1 is 1.20 bits per heavy atom. The first-order valence-electron chi connectivity index (χ1n) is 15.6. The summed E-state index contributed by atoms with van der Waals surface area (Å²) in [6.07, 6.45) is 6.32. The van der Waals surface area contributed by atoms with Crippen molar-refractivity contribution < 1.29 is 32.7 Å². The number of nitrogens with one attached hydrogen (secondary N) is 1. The summed E-state index contributed by atoms with van der Waals surface area (Å²) in [4.78, 5) is 62.1. The highest BCUT2D eigenvalue weighted by atomic mass is 19.1. The number of ether oxygens (including phenoxy) is 1. The van der Waals surface area contributed by atoms with Crippen LogP contribution >= 0.6 is 0 Å². The molecule has 10 nitrogen and oxygen atoms in total. The molecule has 0 unspecified atom stereocenters. The van der Waals surface area contributed by atoms with Gasteiger partial charge < -0.3 is 24.4 Å². The van der Waals surface area contributed by atoms with Gasteiger partial charge in [0.2, 0.25) is 11.2 Å². The number of benzene rings is 1. The van der Waals surface area contributed by atoms with E-state index in [9.17, 15) is 28.0 Å². The Morgan fingerprint density at radius 3 is 2.67 bits per heavy atom. The molecule has 1 spiro atoms. The van der Waals surface area contributed by atoms with Gasteiger partial charge in [-0.05, 0) is 45.1 Å². The van der Waals surface area contributed by atoms with Crippen molar-refractivity contribution in [2.45, 2.75) is 103 Å². The zero-order valence-electron chi connectivity index (χ0n) is 26.2. The van der Waals surface area contributed by atoms with Crippen LogP contribution in [-0.2, 0) is 16.2 Å². The van der Waals surface area contributed by atoms with Crippen molar-refractivity contribution in [3.8, 4) is 5.75 Å². The number of halogens is 2. The van der Waals surface area contributed by atoms with Gasteiger partial charge in [-0.25, -0.2) is 8.78 Å². The van der Waals surface area contributed by atoms with Crippen molar-refractivity contribution in [2.24, 2.45) is 11.1 Å². The van der Waals surface area contributed by atoms with E-state index in [0.29, 0.717) is 37.7 Å². The number of fused-ring (bicyclic) bond motifs is 5. The fourth-order valence-corrected chi connectivity index (χ4v) is 6.47. The van der Waals surface area contributed by atoms with Crippen molar-refractivity contribution in [3.05, 3.63) is 63.1 Å². The van der Waals surface area contributed by atoms with Gasteiger partial charge in [-0.3, -0.25) is 19.2 Å². The van der Waals surface area contributed by atoms with E-state index in [1.54, 1.807) is 4.90 Å². The van der Waals surface area contributed by atoms with Gasteiger partial charge in [0.05, 0.1) is 11.8 Å². The molecule has 0 aliphatic carbocycles. The van der Waals surface area contributed by atoms with E-state index in [-0.39, 0.29) is 42.4 Å². The van der Waals surface area contributed by atoms with Crippen LogP contribution in [0, 0.1) is 17.6 Å². The van der Waals surface area contributed by atoms with Crippen LogP contribution in [0.1, 0.15) is 112 Å². The van der Waals surface area contributed by atoms with Gasteiger partial charge in [-0.15, -0.1) is 0 Å². The number of esters is 1. The molecule has 45 heavy (non-hydrogen) atoms. The van der Waals surface area contributed by atoms with E-state index in [1.165, 1.54) is 16.8 Å². The molecule has 3 aliphatic rings. The normalized spacial score (nSPS) is 22.2. The second-order valence-electron chi connectivity index (χ2n) is 12.9.